The number of carbonyl (C=O) groups excluding carboxylic acids is 1. The second kappa shape index (κ2) is 6.26. The van der Waals surface area contributed by atoms with Crippen molar-refractivity contribution >= 4 is 23.5 Å². The van der Waals surface area contributed by atoms with Crippen LogP contribution in [0.1, 0.15) is 35.2 Å². The predicted molar refractivity (Wildman–Crippen MR) is 82.9 cm³/mol. The van der Waals surface area contributed by atoms with Crippen LogP contribution in [0.2, 0.25) is 0 Å². The van der Waals surface area contributed by atoms with Crippen LogP contribution in [0.15, 0.2) is 24.3 Å². The number of halogens is 1. The molecule has 6 heteroatoms. The first-order chi connectivity index (χ1) is 10.5. The zero-order chi connectivity index (χ0) is 15.7. The molecule has 2 aliphatic rings. The van der Waals surface area contributed by atoms with E-state index in [4.69, 9.17) is 11.6 Å². The van der Waals surface area contributed by atoms with Crippen LogP contribution >= 0.6 is 11.6 Å². The lowest BCUT2D eigenvalue weighted by atomic mass is 9.81. The Morgan fingerprint density at radius 2 is 2.09 bits per heavy atom. The number of amides is 1. The van der Waals surface area contributed by atoms with E-state index in [1.54, 1.807) is 18.2 Å². The summed E-state index contributed by atoms with van der Waals surface area (Å²) in [7, 11) is 0. The van der Waals surface area contributed by atoms with Gasteiger partial charge in [-0.05, 0) is 30.9 Å². The molecule has 2 fully saturated rings. The number of nitrogens with one attached hydrogen (secondary N) is 2. The van der Waals surface area contributed by atoms with Gasteiger partial charge < -0.3 is 10.4 Å². The molecule has 1 amide bonds. The summed E-state index contributed by atoms with van der Waals surface area (Å²) in [6.07, 6.45) is 2.64. The van der Waals surface area contributed by atoms with E-state index in [-0.39, 0.29) is 35.0 Å². The first-order valence-electron chi connectivity index (χ1n) is 7.56. The quantitative estimate of drug-likeness (QED) is 0.741. The molecule has 0 aromatic heterocycles. The summed E-state index contributed by atoms with van der Waals surface area (Å²) in [4.78, 5) is 23.5. The number of hydrogen-bond acceptors (Lipinski definition) is 3. The van der Waals surface area contributed by atoms with Gasteiger partial charge in [0.25, 0.3) is 0 Å². The van der Waals surface area contributed by atoms with E-state index >= 15 is 0 Å². The molecule has 118 valence electrons. The van der Waals surface area contributed by atoms with Gasteiger partial charge in [0.05, 0.1) is 17.6 Å². The van der Waals surface area contributed by atoms with E-state index in [1.165, 1.54) is 0 Å². The fourth-order valence-electron chi connectivity index (χ4n) is 3.43. The highest BCUT2D eigenvalue weighted by atomic mass is 35.5. The first-order valence-corrected chi connectivity index (χ1v) is 8.00. The average molecular weight is 323 g/mol. The maximum absolute atomic E-state index is 12.2. The highest BCUT2D eigenvalue weighted by molar-refractivity contribution is 6.20. The lowest BCUT2D eigenvalue weighted by Gasteiger charge is -2.41. The Balaban J connectivity index is 1.74. The number of benzene rings is 1. The minimum Gasteiger partial charge on any atom is -0.478 e. The van der Waals surface area contributed by atoms with Gasteiger partial charge >= 0.3 is 5.97 Å². The number of hydrogen-bond donors (Lipinski definition) is 3. The molecule has 5 nitrogen and oxygen atoms in total. The van der Waals surface area contributed by atoms with E-state index < -0.39 is 5.97 Å². The van der Waals surface area contributed by atoms with E-state index in [0.29, 0.717) is 12.0 Å². The molecule has 1 saturated carbocycles. The number of fused-ring (bicyclic) bond motifs is 1. The Kier molecular flexibility index (Phi) is 4.36. The van der Waals surface area contributed by atoms with Crippen LogP contribution in [0.3, 0.4) is 0 Å². The summed E-state index contributed by atoms with van der Waals surface area (Å²) in [5.74, 6) is -0.930. The van der Waals surface area contributed by atoms with Crippen LogP contribution in [-0.2, 0) is 11.2 Å². The Morgan fingerprint density at radius 3 is 2.86 bits per heavy atom. The fourth-order valence-corrected chi connectivity index (χ4v) is 3.75. The number of carbonyl (C=O) groups is 2. The molecule has 1 aromatic rings. The number of carboxylic acids is 1. The second-order valence-corrected chi connectivity index (χ2v) is 6.63. The van der Waals surface area contributed by atoms with Gasteiger partial charge in [-0.3, -0.25) is 10.1 Å². The molecule has 0 bridgehead atoms. The van der Waals surface area contributed by atoms with Crippen LogP contribution in [0.5, 0.6) is 0 Å². The zero-order valence-electron chi connectivity index (χ0n) is 12.1. The molecule has 4 unspecified atom stereocenters. The molecule has 4 atom stereocenters. The van der Waals surface area contributed by atoms with Crippen LogP contribution in [0, 0.1) is 5.92 Å². The molecule has 3 N–H and O–H groups in total. The summed E-state index contributed by atoms with van der Waals surface area (Å²) >= 11 is 6.21. The van der Waals surface area contributed by atoms with E-state index in [9.17, 15) is 14.7 Å². The molecule has 0 radical (unpaired) electrons. The standard InChI is InChI=1S/C16H19ClN2O3/c17-10-5-6-12-13(8-10)18-14(19-15(12)20)7-9-3-1-2-4-11(9)16(21)22/h1-4,10,12-14,18H,5-8H2,(H,19,20)(H,21,22). The van der Waals surface area contributed by atoms with Gasteiger partial charge in [0, 0.05) is 17.8 Å². The molecule has 22 heavy (non-hydrogen) atoms. The Labute approximate surface area is 134 Å². The third-order valence-corrected chi connectivity index (χ3v) is 4.92. The van der Waals surface area contributed by atoms with Crippen LogP contribution in [-0.4, -0.2) is 34.6 Å². The number of alkyl halides is 1. The molecular formula is C16H19ClN2O3. The number of aromatic carboxylic acids is 1. The van der Waals surface area contributed by atoms with Gasteiger partial charge in [-0.25, -0.2) is 4.79 Å². The van der Waals surface area contributed by atoms with E-state index in [2.05, 4.69) is 10.6 Å². The second-order valence-electron chi connectivity index (χ2n) is 6.02. The van der Waals surface area contributed by atoms with Gasteiger partial charge in [0.15, 0.2) is 0 Å². The third-order valence-electron chi connectivity index (χ3n) is 4.53. The number of rotatable bonds is 3. The summed E-state index contributed by atoms with van der Waals surface area (Å²) < 4.78 is 0. The number of carboxylic acid groups (broad SMARTS) is 1. The largest absolute Gasteiger partial charge is 0.478 e. The van der Waals surface area contributed by atoms with Crippen molar-refractivity contribution < 1.29 is 14.7 Å². The summed E-state index contributed by atoms with van der Waals surface area (Å²) in [6, 6.07) is 6.96. The van der Waals surface area contributed by atoms with Gasteiger partial charge in [0.2, 0.25) is 5.91 Å². The highest BCUT2D eigenvalue weighted by Gasteiger charge is 2.39. The normalized spacial score (nSPS) is 31.2. The zero-order valence-corrected chi connectivity index (χ0v) is 12.8. The molecule has 1 heterocycles. The first kappa shape index (κ1) is 15.3. The molecule has 1 aromatic carbocycles. The van der Waals surface area contributed by atoms with Crippen LogP contribution in [0.4, 0.5) is 0 Å². The maximum Gasteiger partial charge on any atom is 0.335 e. The summed E-state index contributed by atoms with van der Waals surface area (Å²) in [5, 5.41) is 15.7. The van der Waals surface area contributed by atoms with E-state index in [1.807, 2.05) is 6.07 Å². The minimum atomic E-state index is -0.950. The Bertz CT molecular complexity index is 593. The van der Waals surface area contributed by atoms with Gasteiger partial charge in [-0.15, -0.1) is 11.6 Å². The highest BCUT2D eigenvalue weighted by Crippen LogP contribution is 2.30. The van der Waals surface area contributed by atoms with Crippen molar-refractivity contribution in [1.29, 1.82) is 0 Å². The molecule has 1 aliphatic heterocycles. The van der Waals surface area contributed by atoms with Gasteiger partial charge in [-0.1, -0.05) is 18.2 Å². The molecule has 0 spiro atoms. The lowest BCUT2D eigenvalue weighted by molar-refractivity contribution is -0.130. The molecule has 1 aliphatic carbocycles. The fraction of sp³-hybridized carbons (Fsp3) is 0.500. The van der Waals surface area contributed by atoms with Crippen molar-refractivity contribution in [2.45, 2.75) is 43.3 Å². The minimum absolute atomic E-state index is 0.0269. The van der Waals surface area contributed by atoms with Gasteiger partial charge in [0.1, 0.15) is 0 Å². The lowest BCUT2D eigenvalue weighted by Crippen LogP contribution is -2.63. The van der Waals surface area contributed by atoms with Gasteiger partial charge in [-0.2, -0.15) is 0 Å². The van der Waals surface area contributed by atoms with Crippen LogP contribution < -0.4 is 10.6 Å². The van der Waals surface area contributed by atoms with Crippen molar-refractivity contribution in [3.05, 3.63) is 35.4 Å². The molecule has 1 saturated heterocycles. The monoisotopic (exact) mass is 322 g/mol. The maximum atomic E-state index is 12.2. The summed E-state index contributed by atoms with van der Waals surface area (Å²) in [6.45, 7) is 0. The van der Waals surface area contributed by atoms with E-state index in [0.717, 1.165) is 19.3 Å². The molecule has 3 rings (SSSR count). The predicted octanol–water partition coefficient (Wildman–Crippen LogP) is 1.75. The van der Waals surface area contributed by atoms with Crippen molar-refractivity contribution in [3.8, 4) is 0 Å². The van der Waals surface area contributed by atoms with Crippen molar-refractivity contribution in [3.63, 3.8) is 0 Å². The van der Waals surface area contributed by atoms with Crippen LogP contribution in [0.25, 0.3) is 0 Å². The summed E-state index contributed by atoms with van der Waals surface area (Å²) in [5.41, 5.74) is 0.990. The smallest absolute Gasteiger partial charge is 0.335 e. The Morgan fingerprint density at radius 1 is 1.32 bits per heavy atom. The SMILES string of the molecule is O=C(O)c1ccccc1CC1NC(=O)C2CCC(Cl)CC2N1. The van der Waals surface area contributed by atoms with Crippen molar-refractivity contribution in [1.82, 2.24) is 10.6 Å². The topological polar surface area (TPSA) is 78.4 Å². The molecular weight excluding hydrogens is 304 g/mol. The Hall–Kier alpha value is -1.59. The average Bonchev–Trinajstić information content (AvgIpc) is 2.47. The third kappa shape index (κ3) is 3.10. The van der Waals surface area contributed by atoms with Crippen molar-refractivity contribution in [2.75, 3.05) is 0 Å². The van der Waals surface area contributed by atoms with Crippen molar-refractivity contribution in [2.24, 2.45) is 5.92 Å².